The lowest BCUT2D eigenvalue weighted by Crippen LogP contribution is -2.34. The van der Waals surface area contributed by atoms with Gasteiger partial charge in [-0.25, -0.2) is 4.98 Å². The van der Waals surface area contributed by atoms with Crippen LogP contribution in [-0.2, 0) is 11.3 Å². The molecule has 1 aromatic carbocycles. The van der Waals surface area contributed by atoms with Crippen molar-refractivity contribution < 1.29 is 14.3 Å². The van der Waals surface area contributed by atoms with E-state index < -0.39 is 0 Å². The van der Waals surface area contributed by atoms with Gasteiger partial charge >= 0.3 is 0 Å². The van der Waals surface area contributed by atoms with Crippen LogP contribution < -0.4 is 15.6 Å². The van der Waals surface area contributed by atoms with Gasteiger partial charge in [-0.1, -0.05) is 25.5 Å². The van der Waals surface area contributed by atoms with Gasteiger partial charge in [-0.2, -0.15) is 0 Å². The van der Waals surface area contributed by atoms with E-state index in [4.69, 9.17) is 4.74 Å². The number of fused-ring (bicyclic) bond motifs is 1. The number of aromatic nitrogens is 2. The Morgan fingerprint density at radius 2 is 2.03 bits per heavy atom. The number of para-hydroxylation sites is 2. The fraction of sp³-hybridized carbons (Fsp3) is 0.364. The SMILES string of the molecule is CCCCN(C)C(=O)Cn1cnc2sc(C(=O)Nc3ccccc3OC)c(C)c2c1=O. The van der Waals surface area contributed by atoms with Crippen LogP contribution in [0.15, 0.2) is 35.4 Å². The molecule has 0 saturated carbocycles. The van der Waals surface area contributed by atoms with E-state index in [0.29, 0.717) is 38.6 Å². The molecule has 2 amide bonds. The Morgan fingerprint density at radius 1 is 1.29 bits per heavy atom. The Balaban J connectivity index is 1.88. The molecule has 1 N–H and O–H groups in total. The van der Waals surface area contributed by atoms with E-state index in [-0.39, 0.29) is 23.9 Å². The summed E-state index contributed by atoms with van der Waals surface area (Å²) < 4.78 is 6.57. The summed E-state index contributed by atoms with van der Waals surface area (Å²) in [5, 5.41) is 3.19. The molecule has 0 bridgehead atoms. The number of thiophene rings is 1. The van der Waals surface area contributed by atoms with E-state index in [0.717, 1.165) is 24.2 Å². The third-order valence-corrected chi connectivity index (χ3v) is 6.26. The highest BCUT2D eigenvalue weighted by Gasteiger charge is 2.21. The normalized spacial score (nSPS) is 10.8. The van der Waals surface area contributed by atoms with Crippen molar-refractivity contribution >= 4 is 39.1 Å². The summed E-state index contributed by atoms with van der Waals surface area (Å²) in [5.41, 5.74) is 0.760. The summed E-state index contributed by atoms with van der Waals surface area (Å²) in [6, 6.07) is 7.10. The number of aryl methyl sites for hydroxylation is 1. The monoisotopic (exact) mass is 442 g/mol. The van der Waals surface area contributed by atoms with Gasteiger partial charge in [0.15, 0.2) is 0 Å². The molecular weight excluding hydrogens is 416 g/mol. The third-order valence-electron chi connectivity index (χ3n) is 5.06. The van der Waals surface area contributed by atoms with E-state index in [1.165, 1.54) is 18.0 Å². The molecule has 3 rings (SSSR count). The van der Waals surface area contributed by atoms with Crippen molar-refractivity contribution in [1.82, 2.24) is 14.5 Å². The Kier molecular flexibility index (Phi) is 7.06. The van der Waals surface area contributed by atoms with Crippen molar-refractivity contribution in [3.8, 4) is 5.75 Å². The maximum absolute atomic E-state index is 13.0. The van der Waals surface area contributed by atoms with Crippen LogP contribution in [-0.4, -0.2) is 47.0 Å². The largest absolute Gasteiger partial charge is 0.495 e. The fourth-order valence-corrected chi connectivity index (χ4v) is 4.24. The highest BCUT2D eigenvalue weighted by Crippen LogP contribution is 2.29. The minimum atomic E-state index is -0.341. The zero-order valence-electron chi connectivity index (χ0n) is 18.1. The maximum Gasteiger partial charge on any atom is 0.266 e. The van der Waals surface area contributed by atoms with Crippen molar-refractivity contribution in [1.29, 1.82) is 0 Å². The molecule has 9 heteroatoms. The Bertz CT molecular complexity index is 1170. The van der Waals surface area contributed by atoms with E-state index >= 15 is 0 Å². The highest BCUT2D eigenvalue weighted by molar-refractivity contribution is 7.20. The maximum atomic E-state index is 13.0. The van der Waals surface area contributed by atoms with Gasteiger partial charge in [0.1, 0.15) is 17.1 Å². The molecule has 8 nitrogen and oxygen atoms in total. The molecule has 0 unspecified atom stereocenters. The number of rotatable bonds is 8. The van der Waals surface area contributed by atoms with E-state index in [9.17, 15) is 14.4 Å². The molecule has 0 aliphatic carbocycles. The minimum Gasteiger partial charge on any atom is -0.495 e. The Labute approximate surface area is 184 Å². The summed E-state index contributed by atoms with van der Waals surface area (Å²) in [4.78, 5) is 45.2. The topological polar surface area (TPSA) is 93.5 Å². The predicted molar refractivity (Wildman–Crippen MR) is 122 cm³/mol. The fourth-order valence-electron chi connectivity index (χ4n) is 3.20. The first kappa shape index (κ1) is 22.5. The number of amides is 2. The molecule has 0 aliphatic rings. The van der Waals surface area contributed by atoms with Crippen LogP contribution in [0.4, 0.5) is 5.69 Å². The van der Waals surface area contributed by atoms with Gasteiger partial charge in [0.05, 0.1) is 29.4 Å². The van der Waals surface area contributed by atoms with Crippen molar-refractivity contribution in [2.75, 3.05) is 26.0 Å². The number of likely N-dealkylation sites (N-methyl/N-ethyl adjacent to an activating group) is 1. The number of methoxy groups -OCH3 is 1. The lowest BCUT2D eigenvalue weighted by molar-refractivity contribution is -0.130. The number of nitrogens with zero attached hydrogens (tertiary/aromatic N) is 3. The highest BCUT2D eigenvalue weighted by atomic mass is 32.1. The number of nitrogens with one attached hydrogen (secondary N) is 1. The number of carbonyl (C=O) groups excluding carboxylic acids is 2. The van der Waals surface area contributed by atoms with Crippen LogP contribution in [0.5, 0.6) is 5.75 Å². The number of hydrogen-bond donors (Lipinski definition) is 1. The average molecular weight is 443 g/mol. The molecule has 164 valence electrons. The molecule has 0 saturated heterocycles. The first-order chi connectivity index (χ1) is 14.9. The lowest BCUT2D eigenvalue weighted by atomic mass is 10.2. The van der Waals surface area contributed by atoms with Crippen LogP contribution >= 0.6 is 11.3 Å². The van der Waals surface area contributed by atoms with Crippen molar-refractivity contribution in [2.24, 2.45) is 0 Å². The Morgan fingerprint density at radius 3 is 2.74 bits per heavy atom. The minimum absolute atomic E-state index is 0.0833. The molecular formula is C22H26N4O4S. The number of benzene rings is 1. The van der Waals surface area contributed by atoms with Crippen LogP contribution in [0.2, 0.25) is 0 Å². The van der Waals surface area contributed by atoms with Gasteiger partial charge in [-0.05, 0) is 31.0 Å². The van der Waals surface area contributed by atoms with E-state index in [1.54, 1.807) is 37.1 Å². The van der Waals surface area contributed by atoms with Gasteiger partial charge in [0.25, 0.3) is 11.5 Å². The van der Waals surface area contributed by atoms with Crippen LogP contribution in [0, 0.1) is 6.92 Å². The van der Waals surface area contributed by atoms with Crippen molar-refractivity contribution in [3.05, 3.63) is 51.4 Å². The molecule has 31 heavy (non-hydrogen) atoms. The summed E-state index contributed by atoms with van der Waals surface area (Å²) in [6.07, 6.45) is 3.26. The second-order valence-corrected chi connectivity index (χ2v) is 8.24. The molecule has 0 aliphatic heterocycles. The van der Waals surface area contributed by atoms with Gasteiger partial charge in [0, 0.05) is 13.6 Å². The van der Waals surface area contributed by atoms with Gasteiger partial charge in [-0.3, -0.25) is 19.0 Å². The molecule has 0 radical (unpaired) electrons. The number of ether oxygens (including phenoxy) is 1. The average Bonchev–Trinajstić information content (AvgIpc) is 3.11. The summed E-state index contributed by atoms with van der Waals surface area (Å²) in [6.45, 7) is 4.34. The second-order valence-electron chi connectivity index (χ2n) is 7.24. The Hall–Kier alpha value is -3.20. The molecule has 0 fully saturated rings. The van der Waals surface area contributed by atoms with Crippen molar-refractivity contribution in [3.63, 3.8) is 0 Å². The quantitative estimate of drug-likeness (QED) is 0.578. The second kappa shape index (κ2) is 9.74. The standard InChI is InChI=1S/C22H26N4O4S/c1-5-6-11-25(3)17(27)12-26-13-23-21-18(22(26)29)14(2)19(31-21)20(28)24-15-9-7-8-10-16(15)30-4/h7-10,13H,5-6,11-12H2,1-4H3,(H,24,28). The molecule has 2 heterocycles. The number of carbonyl (C=O) groups is 2. The van der Waals surface area contributed by atoms with Crippen LogP contribution in [0.3, 0.4) is 0 Å². The molecule has 2 aromatic heterocycles. The van der Waals surface area contributed by atoms with Gasteiger partial charge in [-0.15, -0.1) is 11.3 Å². The lowest BCUT2D eigenvalue weighted by Gasteiger charge is -2.17. The van der Waals surface area contributed by atoms with Crippen molar-refractivity contribution in [2.45, 2.75) is 33.2 Å². The smallest absolute Gasteiger partial charge is 0.266 e. The predicted octanol–water partition coefficient (Wildman–Crippen LogP) is 3.29. The summed E-state index contributed by atoms with van der Waals surface area (Å²) >= 11 is 1.15. The summed E-state index contributed by atoms with van der Waals surface area (Å²) in [7, 11) is 3.26. The third kappa shape index (κ3) is 4.77. The number of unbranched alkanes of at least 4 members (excludes halogenated alkanes) is 1. The first-order valence-electron chi connectivity index (χ1n) is 10.0. The molecule has 0 spiro atoms. The zero-order chi connectivity index (χ0) is 22.5. The number of hydrogen-bond acceptors (Lipinski definition) is 6. The summed E-state index contributed by atoms with van der Waals surface area (Å²) in [5.74, 6) is 0.0471. The molecule has 0 atom stereocenters. The van der Waals surface area contributed by atoms with Crippen LogP contribution in [0.25, 0.3) is 10.2 Å². The molecule has 3 aromatic rings. The number of anilines is 1. The van der Waals surface area contributed by atoms with Crippen LogP contribution in [0.1, 0.15) is 35.0 Å². The zero-order valence-corrected chi connectivity index (χ0v) is 18.9. The van der Waals surface area contributed by atoms with Gasteiger partial charge in [0.2, 0.25) is 5.91 Å². The van der Waals surface area contributed by atoms with E-state index in [2.05, 4.69) is 17.2 Å². The first-order valence-corrected chi connectivity index (χ1v) is 10.9. The van der Waals surface area contributed by atoms with E-state index in [1.807, 2.05) is 6.07 Å². The van der Waals surface area contributed by atoms with Gasteiger partial charge < -0.3 is 15.0 Å².